The maximum absolute atomic E-state index is 12.8. The number of aryl methyl sites for hydroxylation is 9. The highest BCUT2D eigenvalue weighted by Crippen LogP contribution is 2.46. The highest BCUT2D eigenvalue weighted by Gasteiger charge is 2.42. The molecule has 20 aromatic rings. The van der Waals surface area contributed by atoms with Crippen molar-refractivity contribution in [3.05, 3.63) is 466 Å². The van der Waals surface area contributed by atoms with Crippen molar-refractivity contribution in [2.24, 2.45) is 56.4 Å². The third-order valence-electron chi connectivity index (χ3n) is 25.2. The van der Waals surface area contributed by atoms with Gasteiger partial charge in [0.15, 0.2) is 22.4 Å². The van der Waals surface area contributed by atoms with Crippen LogP contribution < -0.4 is 22.2 Å². The molecule has 0 aliphatic rings. The van der Waals surface area contributed by atoms with Crippen LogP contribution in [0.4, 0.5) is 0 Å². The second-order valence-electron chi connectivity index (χ2n) is 33.4. The molecule has 0 aliphatic heterocycles. The highest BCUT2D eigenvalue weighted by atomic mass is 35.5. The summed E-state index contributed by atoms with van der Waals surface area (Å²) in [5, 5.41) is 96.5. The molecular weight excluding hydrogens is 1840 g/mol. The maximum atomic E-state index is 12.8. The highest BCUT2D eigenvalue weighted by molar-refractivity contribution is 6.32. The van der Waals surface area contributed by atoms with E-state index >= 15 is 0 Å². The smallest absolute Gasteiger partial charge is 0.251 e. The van der Waals surface area contributed by atoms with Crippen LogP contribution in [0.3, 0.4) is 0 Å². The Morgan fingerprint density at radius 3 is 0.790 bits per heavy atom. The van der Waals surface area contributed by atoms with Gasteiger partial charge in [-0.3, -0.25) is 19.2 Å². The topological polar surface area (TPSA) is 316 Å². The number of halogens is 5. The van der Waals surface area contributed by atoms with Gasteiger partial charge in [-0.2, -0.15) is 5.26 Å². The van der Waals surface area contributed by atoms with Crippen LogP contribution in [0.15, 0.2) is 335 Å². The van der Waals surface area contributed by atoms with Crippen molar-refractivity contribution in [1.82, 2.24) is 78.2 Å². The summed E-state index contributed by atoms with van der Waals surface area (Å²) in [5.41, 5.74) is 11.4. The SMILES string of the molecule is C#Cc1cccc(-c2cc(=O)n(C)c3ccc([C@](O)(c4ccc(Cl)cc4)c4cnnn4C)cc23)c1.Cc1cccc(-c2cc(=O)n(C)c3ccc([C@](O)(c4ccc(Cl)cc4)c4cnnn4C)cc23)c1.Cn1nncc1[C@@](O)(c1ccc(Cl)cc1)c1ccc2c(c1)c(-c1cccc(C#N)c1)cc(=O)n2C.Cn1nncc1[C@@](O)(c1ccc(Cl)cc1)c1ccc2c(c1)c(-c1cccc(Cl)c1)cc(=O)n2C. The Balaban J connectivity index is 0.000000127. The number of rotatable bonds is 16. The Hall–Kier alpha value is -15.6. The molecule has 0 saturated carbocycles. The Morgan fingerprint density at radius 2 is 0.536 bits per heavy atom. The van der Waals surface area contributed by atoms with Crippen molar-refractivity contribution in [3.8, 4) is 62.9 Å². The number of fused-ring (bicyclic) bond motifs is 4. The molecule has 684 valence electrons. The number of pyridine rings is 4. The maximum Gasteiger partial charge on any atom is 0.251 e. The lowest BCUT2D eigenvalue weighted by molar-refractivity contribution is 0.116. The summed E-state index contributed by atoms with van der Waals surface area (Å²) in [6.45, 7) is 2.02. The van der Waals surface area contributed by atoms with Crippen molar-refractivity contribution >= 4 is 102 Å². The molecule has 138 heavy (non-hydrogen) atoms. The molecule has 0 amide bonds. The van der Waals surface area contributed by atoms with Gasteiger partial charge in [-0.05, 0) is 229 Å². The summed E-state index contributed by atoms with van der Waals surface area (Å²) in [5.74, 6) is 2.65. The van der Waals surface area contributed by atoms with Gasteiger partial charge in [0.25, 0.3) is 22.2 Å². The summed E-state index contributed by atoms with van der Waals surface area (Å²) in [4.78, 5) is 51.0. The van der Waals surface area contributed by atoms with E-state index in [9.17, 15) is 44.9 Å². The van der Waals surface area contributed by atoms with Crippen molar-refractivity contribution in [2.75, 3.05) is 0 Å². The minimum absolute atomic E-state index is 0.0967. The zero-order valence-corrected chi connectivity index (χ0v) is 79.3. The van der Waals surface area contributed by atoms with Gasteiger partial charge < -0.3 is 38.7 Å². The van der Waals surface area contributed by atoms with Gasteiger partial charge in [0.1, 0.15) is 0 Å². The summed E-state index contributed by atoms with van der Waals surface area (Å²) >= 11 is 30.8. The van der Waals surface area contributed by atoms with Crippen molar-refractivity contribution in [1.29, 1.82) is 5.26 Å². The molecular formula is C108H84Cl5N17O8. The van der Waals surface area contributed by atoms with Crippen LogP contribution >= 0.6 is 58.0 Å². The summed E-state index contributed by atoms with van der Waals surface area (Å²) in [6, 6.07) is 88.8. The summed E-state index contributed by atoms with van der Waals surface area (Å²) in [6.07, 6.45) is 11.8. The van der Waals surface area contributed by atoms with E-state index in [-0.39, 0.29) is 22.2 Å². The van der Waals surface area contributed by atoms with Gasteiger partial charge in [-0.15, -0.1) is 26.8 Å². The van der Waals surface area contributed by atoms with E-state index in [4.69, 9.17) is 64.4 Å². The molecule has 8 aromatic heterocycles. The number of hydrogen-bond acceptors (Lipinski definition) is 17. The second kappa shape index (κ2) is 38.3. The fourth-order valence-electron chi connectivity index (χ4n) is 17.8. The van der Waals surface area contributed by atoms with Crippen LogP contribution in [-0.2, 0) is 78.8 Å². The number of benzene rings is 12. The largest absolute Gasteiger partial charge is 0.374 e. The van der Waals surface area contributed by atoms with Gasteiger partial charge >= 0.3 is 0 Å². The molecule has 4 atom stereocenters. The fraction of sp³-hybridized carbons (Fsp3) is 0.120. The number of aliphatic hydroxyl groups is 4. The van der Waals surface area contributed by atoms with Crippen molar-refractivity contribution in [3.63, 3.8) is 0 Å². The van der Waals surface area contributed by atoms with E-state index < -0.39 is 22.4 Å². The molecule has 25 nitrogen and oxygen atoms in total. The summed E-state index contributed by atoms with van der Waals surface area (Å²) < 4.78 is 12.5. The quantitative estimate of drug-likeness (QED) is 0.0653. The normalized spacial score (nSPS) is 13.0. The molecule has 0 aliphatic carbocycles. The van der Waals surface area contributed by atoms with E-state index in [1.807, 2.05) is 140 Å². The Bertz CT molecular complexity index is 8020. The molecule has 30 heteroatoms. The van der Waals surface area contributed by atoms with Gasteiger partial charge in [-0.1, -0.05) is 224 Å². The minimum Gasteiger partial charge on any atom is -0.374 e. The van der Waals surface area contributed by atoms with Crippen LogP contribution in [0.1, 0.15) is 84.0 Å². The zero-order chi connectivity index (χ0) is 97.6. The predicted octanol–water partition coefficient (Wildman–Crippen LogP) is 17.9. The van der Waals surface area contributed by atoms with Gasteiger partial charge in [-0.25, -0.2) is 18.7 Å². The lowest BCUT2D eigenvalue weighted by Crippen LogP contribution is -2.31. The van der Waals surface area contributed by atoms with Crippen LogP contribution in [0.25, 0.3) is 88.1 Å². The standard InChI is InChI=1S/C28H21ClN4O2.C27H20ClN5O2.C27H23ClN4O2.C26H20Cl2N4O2/c1-4-18-6-5-7-19(14-18)23-16-27(34)32(2)25-13-10-21(15-24(23)25)28(35,26-17-30-31-33(26)3)20-8-11-22(29)12-9-20;1-32-24-11-8-20(13-23(24)22(14-26(32)34)18-5-3-4-17(12-18)15-29)27(35,25-16-30-31-33(25)2)19-6-9-21(28)10-7-19;1-17-5-4-6-18(13-17)22-15-26(33)31(2)24-12-9-20(14-23(22)24)27(34,25-16-29-30-32(25)3)19-7-10-21(28)11-8-19;1-31-23-11-8-18(13-22(23)21(14-25(31)33)16-4-3-5-20(28)12-16)26(34,24-15-29-30-32(24)2)17-6-9-19(27)10-7-17/h1,5-17,35H,2-3H3;3-14,16,35H,1-2H3;4-16,34H,1-3H3;3-15,34H,1-2H3/t28-;2*27-;26-/m1111/s1. The third kappa shape index (κ3) is 17.6. The van der Waals surface area contributed by atoms with Crippen molar-refractivity contribution < 1.29 is 20.4 Å². The van der Waals surface area contributed by atoms with E-state index in [2.05, 4.69) is 59.3 Å². The molecule has 12 aromatic carbocycles. The van der Waals surface area contributed by atoms with Gasteiger partial charge in [0, 0.05) is 133 Å². The molecule has 0 saturated heterocycles. The molecule has 0 spiro atoms. The predicted molar refractivity (Wildman–Crippen MR) is 539 cm³/mol. The summed E-state index contributed by atoms with van der Waals surface area (Å²) in [7, 11) is 13.8. The van der Waals surface area contributed by atoms with Gasteiger partial charge in [0.2, 0.25) is 0 Å². The van der Waals surface area contributed by atoms with Crippen LogP contribution in [0.5, 0.6) is 0 Å². The van der Waals surface area contributed by atoms with Crippen LogP contribution in [-0.4, -0.2) is 98.7 Å². The van der Waals surface area contributed by atoms with E-state index in [0.717, 1.165) is 82.6 Å². The average Bonchev–Trinajstić information content (AvgIpc) is 1.39. The second-order valence-corrected chi connectivity index (χ2v) is 35.6. The third-order valence-corrected chi connectivity index (χ3v) is 26.4. The lowest BCUT2D eigenvalue weighted by Gasteiger charge is -2.29. The molecule has 8 heterocycles. The van der Waals surface area contributed by atoms with Crippen molar-refractivity contribution in [2.45, 2.75) is 29.3 Å². The molecule has 0 bridgehead atoms. The first-order chi connectivity index (χ1) is 66.2. The number of nitrogens with zero attached hydrogens (tertiary/aromatic N) is 17. The monoisotopic (exact) mass is 1920 g/mol. The van der Waals surface area contributed by atoms with Crippen LogP contribution in [0.2, 0.25) is 25.1 Å². The number of nitriles is 1. The minimum atomic E-state index is -1.60. The first-order valence-corrected chi connectivity index (χ1v) is 44.9. The number of terminal acetylenes is 1. The van der Waals surface area contributed by atoms with E-state index in [1.54, 1.807) is 237 Å². The first kappa shape index (κ1) is 94.2. The van der Waals surface area contributed by atoms with E-state index in [1.165, 1.54) is 32.6 Å². The molecule has 0 unspecified atom stereocenters. The number of aromatic nitrogens is 16. The lowest BCUT2D eigenvalue weighted by atomic mass is 9.82. The molecule has 4 N–H and O–H groups in total. The van der Waals surface area contributed by atoms with E-state index in [0.29, 0.717) is 115 Å². The van der Waals surface area contributed by atoms with Gasteiger partial charge in [0.05, 0.1) is 81.3 Å². The molecule has 0 radical (unpaired) electrons. The molecule has 20 rings (SSSR count). The Labute approximate surface area is 815 Å². The fourth-order valence-corrected chi connectivity index (χ4v) is 18.5. The zero-order valence-electron chi connectivity index (χ0n) is 75.5. The molecule has 0 fully saturated rings. The Morgan fingerprint density at radius 1 is 0.290 bits per heavy atom. The van der Waals surface area contributed by atoms with Crippen LogP contribution in [0, 0.1) is 30.6 Å². The Kier molecular flexibility index (Phi) is 26.1. The average molecular weight is 1930 g/mol. The number of hydrogen-bond donors (Lipinski definition) is 4. The first-order valence-electron chi connectivity index (χ1n) is 43.0.